The number of aromatic amines is 2. The van der Waals surface area contributed by atoms with E-state index in [1.165, 1.54) is 48.7 Å². The second kappa shape index (κ2) is 9.75. The number of carboxylic acid groups (broad SMARTS) is 1. The maximum absolute atomic E-state index is 12.5. The molecule has 0 atom stereocenters. The van der Waals surface area contributed by atoms with Gasteiger partial charge in [0.2, 0.25) is 5.91 Å². The number of hydrogen-bond donors (Lipinski definition) is 5. The van der Waals surface area contributed by atoms with Crippen LogP contribution >= 0.6 is 11.8 Å². The van der Waals surface area contributed by atoms with E-state index in [4.69, 9.17) is 4.42 Å². The number of nitrogens with one attached hydrogen (secondary N) is 3. The number of carbonyl (C=O) groups excluding carboxylic acids is 1. The van der Waals surface area contributed by atoms with Crippen LogP contribution in [0.15, 0.2) is 84.5 Å². The largest absolute Gasteiger partial charge is 0.508 e. The van der Waals surface area contributed by atoms with E-state index in [1.807, 2.05) is 0 Å². The number of phenolic OH excluding ortho intramolecular Hbond substituents is 1. The zero-order valence-electron chi connectivity index (χ0n) is 19.2. The lowest BCUT2D eigenvalue weighted by Gasteiger charge is -2.17. The van der Waals surface area contributed by atoms with Crippen molar-refractivity contribution in [3.8, 4) is 28.2 Å². The van der Waals surface area contributed by atoms with E-state index in [2.05, 4.69) is 15.3 Å². The molecule has 1 amide bonds. The first-order valence-corrected chi connectivity index (χ1v) is 12.0. The van der Waals surface area contributed by atoms with Gasteiger partial charge in [-0.05, 0) is 42.0 Å². The molecule has 2 aromatic carbocycles. The van der Waals surface area contributed by atoms with E-state index in [0.29, 0.717) is 22.1 Å². The fourth-order valence-corrected chi connectivity index (χ4v) is 4.69. The van der Waals surface area contributed by atoms with Gasteiger partial charge in [-0.3, -0.25) is 19.4 Å². The van der Waals surface area contributed by atoms with Crippen LogP contribution in [0.4, 0.5) is 5.69 Å². The fourth-order valence-electron chi connectivity index (χ4n) is 4.01. The Labute approximate surface area is 216 Å². The highest BCUT2D eigenvalue weighted by molar-refractivity contribution is 8.00. The van der Waals surface area contributed by atoms with Gasteiger partial charge in [-0.1, -0.05) is 6.07 Å². The van der Waals surface area contributed by atoms with Crippen molar-refractivity contribution in [2.45, 2.75) is 4.90 Å². The number of anilines is 1. The zero-order valence-corrected chi connectivity index (χ0v) is 20.0. The molecule has 3 aromatic rings. The number of phenols is 1. The first kappa shape index (κ1) is 24.6. The molecule has 0 radical (unpaired) electrons. The molecule has 5 rings (SSSR count). The number of hydrogen-bond acceptors (Lipinski definition) is 8. The molecule has 1 aliphatic carbocycles. The summed E-state index contributed by atoms with van der Waals surface area (Å²) in [6, 6.07) is 12.9. The van der Waals surface area contributed by atoms with Crippen molar-refractivity contribution in [3.05, 3.63) is 97.4 Å². The normalized spacial score (nSPS) is 11.1. The molecular weight excluding hydrogens is 514 g/mol. The van der Waals surface area contributed by atoms with E-state index in [-0.39, 0.29) is 44.4 Å². The molecule has 0 fully saturated rings. The first-order valence-electron chi connectivity index (χ1n) is 11.0. The van der Waals surface area contributed by atoms with Crippen molar-refractivity contribution in [1.82, 2.24) is 9.97 Å². The van der Waals surface area contributed by atoms with Gasteiger partial charge in [0.25, 0.3) is 5.56 Å². The van der Waals surface area contributed by atoms with E-state index >= 15 is 0 Å². The molecule has 1 aromatic heterocycles. The van der Waals surface area contributed by atoms with Crippen LogP contribution in [0.25, 0.3) is 33.4 Å². The average Bonchev–Trinajstić information content (AvgIpc) is 2.86. The third kappa shape index (κ3) is 4.80. The molecule has 2 aliphatic rings. The Bertz CT molecular complexity index is 1890. The lowest BCUT2D eigenvalue weighted by molar-refractivity contribution is -0.113. The van der Waals surface area contributed by atoms with Gasteiger partial charge >= 0.3 is 11.7 Å². The van der Waals surface area contributed by atoms with Crippen molar-refractivity contribution < 1.29 is 24.2 Å². The Hall–Kier alpha value is -5.10. The Balaban J connectivity index is 1.53. The Morgan fingerprint density at radius 2 is 1.76 bits per heavy atom. The number of carboxylic acids is 1. The molecule has 0 saturated heterocycles. The van der Waals surface area contributed by atoms with E-state index in [9.17, 15) is 34.2 Å². The zero-order chi connectivity index (χ0) is 27.0. The molecule has 5 N–H and O–H groups in total. The summed E-state index contributed by atoms with van der Waals surface area (Å²) in [6.45, 7) is 0. The number of H-pyrrole nitrogens is 2. The van der Waals surface area contributed by atoms with Gasteiger partial charge in [0.1, 0.15) is 17.1 Å². The number of aromatic nitrogens is 2. The minimum atomic E-state index is -1.26. The standard InChI is InChI=1S/C26H17N3O8S/c30-13-2-5-16-19(8-13)37-20-9-14(31)3-6-17(20)23(16)15-4-1-12(7-18(15)25(34)35)28-22(32)11-38-21-10-27-26(36)29-24(21)33/h1-10,30H,11H2,(H,28,32)(H,34,35)(H2,27,29,33,36). The molecule has 1 aliphatic heterocycles. The highest BCUT2D eigenvalue weighted by Gasteiger charge is 2.22. The molecule has 11 nitrogen and oxygen atoms in total. The Morgan fingerprint density at radius 3 is 2.53 bits per heavy atom. The van der Waals surface area contributed by atoms with Crippen molar-refractivity contribution >= 4 is 40.3 Å². The van der Waals surface area contributed by atoms with E-state index in [0.717, 1.165) is 11.8 Å². The molecule has 0 bridgehead atoms. The molecule has 38 heavy (non-hydrogen) atoms. The number of benzene rings is 3. The van der Waals surface area contributed by atoms with Gasteiger partial charge in [0, 0.05) is 40.5 Å². The molecule has 12 heteroatoms. The molecule has 0 spiro atoms. The predicted molar refractivity (Wildman–Crippen MR) is 140 cm³/mol. The predicted octanol–water partition coefficient (Wildman–Crippen LogP) is 3.08. The summed E-state index contributed by atoms with van der Waals surface area (Å²) in [5, 5.41) is 23.1. The van der Waals surface area contributed by atoms with Crippen LogP contribution in [0, 0.1) is 0 Å². The van der Waals surface area contributed by atoms with Crippen LogP contribution in [0.5, 0.6) is 5.75 Å². The van der Waals surface area contributed by atoms with Gasteiger partial charge < -0.3 is 24.9 Å². The summed E-state index contributed by atoms with van der Waals surface area (Å²) < 4.78 is 5.81. The summed E-state index contributed by atoms with van der Waals surface area (Å²) in [4.78, 5) is 64.2. The van der Waals surface area contributed by atoms with Crippen LogP contribution in [-0.4, -0.2) is 37.8 Å². The minimum absolute atomic E-state index is 0.0666. The van der Waals surface area contributed by atoms with Crippen LogP contribution in [0.1, 0.15) is 10.4 Å². The van der Waals surface area contributed by atoms with Crippen LogP contribution < -0.4 is 22.0 Å². The number of aromatic hydroxyl groups is 1. The SMILES string of the molecule is O=C(CSc1c[nH]c(=O)[nH]c1=O)Nc1ccc(-c2c3ccc(=O)cc-3oc3cc(O)ccc23)c(C(=O)O)c1. The monoisotopic (exact) mass is 531 g/mol. The van der Waals surface area contributed by atoms with E-state index in [1.54, 1.807) is 12.1 Å². The maximum Gasteiger partial charge on any atom is 0.336 e. The summed E-state index contributed by atoms with van der Waals surface area (Å²) in [6.07, 6.45) is 1.20. The molecule has 0 saturated carbocycles. The summed E-state index contributed by atoms with van der Waals surface area (Å²) >= 11 is 0.900. The summed E-state index contributed by atoms with van der Waals surface area (Å²) in [5.41, 5.74) is 0.0137. The van der Waals surface area contributed by atoms with Crippen LogP contribution in [-0.2, 0) is 4.79 Å². The molecule has 190 valence electrons. The van der Waals surface area contributed by atoms with E-state index < -0.39 is 23.1 Å². The van der Waals surface area contributed by atoms with Gasteiger partial charge in [0.05, 0.1) is 16.2 Å². The Morgan fingerprint density at radius 1 is 0.974 bits per heavy atom. The van der Waals surface area contributed by atoms with Crippen molar-refractivity contribution in [2.24, 2.45) is 0 Å². The maximum atomic E-state index is 12.5. The lowest BCUT2D eigenvalue weighted by Crippen LogP contribution is -2.23. The van der Waals surface area contributed by atoms with Gasteiger partial charge in [-0.25, -0.2) is 9.59 Å². The summed E-state index contributed by atoms with van der Waals surface area (Å²) in [5.74, 6) is -1.78. The van der Waals surface area contributed by atoms with Crippen LogP contribution in [0.3, 0.4) is 0 Å². The van der Waals surface area contributed by atoms with Crippen LogP contribution in [0.2, 0.25) is 0 Å². The Kier molecular flexibility index (Phi) is 6.31. The number of amides is 1. The average molecular weight is 532 g/mol. The highest BCUT2D eigenvalue weighted by atomic mass is 32.2. The highest BCUT2D eigenvalue weighted by Crippen LogP contribution is 2.42. The third-order valence-corrected chi connectivity index (χ3v) is 6.64. The molecular formula is C26H17N3O8S. The fraction of sp³-hybridized carbons (Fsp3) is 0.0385. The second-order valence-electron chi connectivity index (χ2n) is 8.15. The number of rotatable bonds is 6. The molecule has 2 heterocycles. The third-order valence-electron chi connectivity index (χ3n) is 5.62. The number of fused-ring (bicyclic) bond motifs is 2. The van der Waals surface area contributed by atoms with Gasteiger partial charge in [-0.2, -0.15) is 0 Å². The number of thioether (sulfide) groups is 1. The topological polar surface area (TPSA) is 183 Å². The van der Waals surface area contributed by atoms with Gasteiger partial charge in [0.15, 0.2) is 5.43 Å². The van der Waals surface area contributed by atoms with Crippen molar-refractivity contribution in [3.63, 3.8) is 0 Å². The minimum Gasteiger partial charge on any atom is -0.508 e. The lowest BCUT2D eigenvalue weighted by atomic mass is 9.90. The van der Waals surface area contributed by atoms with Gasteiger partial charge in [-0.15, -0.1) is 11.8 Å². The first-order chi connectivity index (χ1) is 18.2. The van der Waals surface area contributed by atoms with Crippen molar-refractivity contribution in [1.29, 1.82) is 0 Å². The summed E-state index contributed by atoms with van der Waals surface area (Å²) in [7, 11) is 0. The van der Waals surface area contributed by atoms with Crippen molar-refractivity contribution in [2.75, 3.05) is 11.1 Å². The number of carbonyl (C=O) groups is 2. The molecule has 0 unspecified atom stereocenters. The quantitative estimate of drug-likeness (QED) is 0.162. The second-order valence-corrected chi connectivity index (χ2v) is 9.17. The smallest absolute Gasteiger partial charge is 0.336 e. The number of aromatic carboxylic acids is 1.